The quantitative estimate of drug-likeness (QED) is 0.680. The Hall–Kier alpha value is -0.470. The van der Waals surface area contributed by atoms with Gasteiger partial charge in [0.05, 0.1) is 6.10 Å². The number of thiophene rings is 1. The van der Waals surface area contributed by atoms with Crippen molar-refractivity contribution in [3.63, 3.8) is 0 Å². The van der Waals surface area contributed by atoms with Crippen LogP contribution in [0.15, 0.2) is 15.7 Å². The monoisotopic (exact) mass is 332 g/mol. The second-order valence-corrected chi connectivity index (χ2v) is 8.18. The molecule has 1 saturated heterocycles. The summed E-state index contributed by atoms with van der Waals surface area (Å²) in [5.74, 6) is 0. The van der Waals surface area contributed by atoms with Crippen LogP contribution < -0.4 is 10.0 Å². The molecule has 0 bridgehead atoms. The number of sulfonamides is 1. The second kappa shape index (κ2) is 8.24. The van der Waals surface area contributed by atoms with Gasteiger partial charge < -0.3 is 10.1 Å². The van der Waals surface area contributed by atoms with Gasteiger partial charge in [-0.15, -0.1) is 11.3 Å². The highest BCUT2D eigenvalue weighted by molar-refractivity contribution is 7.91. The van der Waals surface area contributed by atoms with E-state index in [1.807, 2.05) is 5.38 Å². The van der Waals surface area contributed by atoms with Crippen LogP contribution in [0.5, 0.6) is 0 Å². The normalized spacial score (nSPS) is 19.2. The Balaban J connectivity index is 1.80. The van der Waals surface area contributed by atoms with E-state index in [1.54, 1.807) is 6.07 Å². The molecule has 2 rings (SSSR count). The smallest absolute Gasteiger partial charge is 0.250 e. The number of rotatable bonds is 9. The maximum Gasteiger partial charge on any atom is 0.250 e. The molecule has 1 aromatic heterocycles. The minimum absolute atomic E-state index is 0.213. The van der Waals surface area contributed by atoms with Gasteiger partial charge in [0.25, 0.3) is 0 Å². The van der Waals surface area contributed by atoms with Crippen molar-refractivity contribution in [2.45, 2.75) is 49.5 Å². The molecule has 120 valence electrons. The third-order valence-electron chi connectivity index (χ3n) is 3.43. The fraction of sp³-hybridized carbons (Fsp3) is 0.714. The molecule has 1 atom stereocenters. The molecule has 2 N–H and O–H groups in total. The van der Waals surface area contributed by atoms with Crippen LogP contribution in [-0.4, -0.2) is 34.2 Å². The van der Waals surface area contributed by atoms with Crippen LogP contribution in [0, 0.1) is 0 Å². The third kappa shape index (κ3) is 5.34. The first-order valence-electron chi connectivity index (χ1n) is 7.51. The average Bonchev–Trinajstić information content (AvgIpc) is 3.10. The number of hydrogen-bond donors (Lipinski definition) is 2. The number of nitrogens with one attached hydrogen (secondary N) is 2. The lowest BCUT2D eigenvalue weighted by Crippen LogP contribution is -2.26. The van der Waals surface area contributed by atoms with E-state index < -0.39 is 10.0 Å². The Morgan fingerprint density at radius 3 is 3.00 bits per heavy atom. The first kappa shape index (κ1) is 16.9. The molecule has 2 heterocycles. The van der Waals surface area contributed by atoms with Crippen LogP contribution in [0.4, 0.5) is 0 Å². The van der Waals surface area contributed by atoms with Crippen LogP contribution in [0.1, 0.15) is 38.2 Å². The summed E-state index contributed by atoms with van der Waals surface area (Å²) < 4.78 is 32.9. The maximum absolute atomic E-state index is 12.2. The number of ether oxygens (including phenoxy) is 1. The zero-order valence-corrected chi connectivity index (χ0v) is 14.1. The van der Waals surface area contributed by atoms with Crippen molar-refractivity contribution < 1.29 is 13.2 Å². The molecule has 5 nitrogen and oxygen atoms in total. The standard InChI is InChI=1S/C14H24N2O3S2/c1-2-6-15-10-12-9-14(20-11-12)21(17,18)16-7-5-13-4-3-8-19-13/h9,11,13,15-16H,2-8,10H2,1H3. The van der Waals surface area contributed by atoms with Crippen molar-refractivity contribution in [2.24, 2.45) is 0 Å². The van der Waals surface area contributed by atoms with Gasteiger partial charge in [0, 0.05) is 19.7 Å². The Bertz CT molecular complexity index is 522. The molecule has 0 aliphatic carbocycles. The van der Waals surface area contributed by atoms with E-state index in [1.165, 1.54) is 11.3 Å². The highest BCUT2D eigenvalue weighted by Gasteiger charge is 2.19. The number of hydrogen-bond acceptors (Lipinski definition) is 5. The summed E-state index contributed by atoms with van der Waals surface area (Å²) in [4.78, 5) is 0. The van der Waals surface area contributed by atoms with Gasteiger partial charge in [0.1, 0.15) is 4.21 Å². The zero-order chi connectivity index (χ0) is 15.1. The molecule has 0 radical (unpaired) electrons. The fourth-order valence-electron chi connectivity index (χ4n) is 2.29. The largest absolute Gasteiger partial charge is 0.378 e. The van der Waals surface area contributed by atoms with E-state index in [2.05, 4.69) is 17.0 Å². The summed E-state index contributed by atoms with van der Waals surface area (Å²) in [6, 6.07) is 1.75. The maximum atomic E-state index is 12.2. The molecule has 1 aliphatic rings. The topological polar surface area (TPSA) is 67.4 Å². The van der Waals surface area contributed by atoms with Crippen LogP contribution in [0.2, 0.25) is 0 Å². The van der Waals surface area contributed by atoms with Gasteiger partial charge in [-0.3, -0.25) is 0 Å². The van der Waals surface area contributed by atoms with Crippen molar-refractivity contribution >= 4 is 21.4 Å². The molecular formula is C14H24N2O3S2. The molecule has 1 unspecified atom stereocenters. The van der Waals surface area contributed by atoms with Gasteiger partial charge in [0.15, 0.2) is 0 Å². The van der Waals surface area contributed by atoms with E-state index in [9.17, 15) is 8.42 Å². The van der Waals surface area contributed by atoms with Gasteiger partial charge in [-0.05, 0) is 49.2 Å². The van der Waals surface area contributed by atoms with Crippen LogP contribution in [0.3, 0.4) is 0 Å². The summed E-state index contributed by atoms with van der Waals surface area (Å²) in [7, 11) is -3.38. The van der Waals surface area contributed by atoms with Crippen LogP contribution >= 0.6 is 11.3 Å². The summed E-state index contributed by atoms with van der Waals surface area (Å²) >= 11 is 1.28. The highest BCUT2D eigenvalue weighted by atomic mass is 32.2. The lowest BCUT2D eigenvalue weighted by Gasteiger charge is -2.09. The first-order chi connectivity index (χ1) is 10.1. The van der Waals surface area contributed by atoms with Gasteiger partial charge in [0.2, 0.25) is 10.0 Å². The van der Waals surface area contributed by atoms with Crippen LogP contribution in [0.25, 0.3) is 0 Å². The Labute approximate surface area is 131 Å². The predicted octanol–water partition coefficient (Wildman–Crippen LogP) is 2.10. The van der Waals surface area contributed by atoms with Gasteiger partial charge >= 0.3 is 0 Å². The molecule has 7 heteroatoms. The van der Waals surface area contributed by atoms with Crippen molar-refractivity contribution in [3.05, 3.63) is 17.0 Å². The lowest BCUT2D eigenvalue weighted by atomic mass is 10.2. The summed E-state index contributed by atoms with van der Waals surface area (Å²) in [5.41, 5.74) is 1.02. The van der Waals surface area contributed by atoms with Gasteiger partial charge in [-0.1, -0.05) is 6.92 Å². The molecule has 21 heavy (non-hydrogen) atoms. The van der Waals surface area contributed by atoms with E-state index in [-0.39, 0.29) is 6.10 Å². The van der Waals surface area contributed by atoms with Gasteiger partial charge in [-0.25, -0.2) is 13.1 Å². The summed E-state index contributed by atoms with van der Waals surface area (Å²) in [5, 5.41) is 5.17. The molecule has 0 spiro atoms. The first-order valence-corrected chi connectivity index (χ1v) is 9.87. The SMILES string of the molecule is CCCNCc1csc(S(=O)(=O)NCCC2CCCO2)c1. The van der Waals surface area contributed by atoms with E-state index in [0.717, 1.165) is 50.9 Å². The molecule has 1 fully saturated rings. The molecule has 1 aliphatic heterocycles. The molecular weight excluding hydrogens is 308 g/mol. The lowest BCUT2D eigenvalue weighted by molar-refractivity contribution is 0.105. The molecule has 1 aromatic rings. The minimum Gasteiger partial charge on any atom is -0.378 e. The van der Waals surface area contributed by atoms with E-state index in [0.29, 0.717) is 10.8 Å². The predicted molar refractivity (Wildman–Crippen MR) is 85.1 cm³/mol. The Morgan fingerprint density at radius 1 is 1.43 bits per heavy atom. The van der Waals surface area contributed by atoms with E-state index >= 15 is 0 Å². The Morgan fingerprint density at radius 2 is 2.29 bits per heavy atom. The average molecular weight is 332 g/mol. The highest BCUT2D eigenvalue weighted by Crippen LogP contribution is 2.20. The van der Waals surface area contributed by atoms with Crippen LogP contribution in [-0.2, 0) is 21.3 Å². The molecule has 0 aromatic carbocycles. The molecule has 0 saturated carbocycles. The zero-order valence-electron chi connectivity index (χ0n) is 12.4. The van der Waals surface area contributed by atoms with Crippen molar-refractivity contribution in [3.8, 4) is 0 Å². The molecule has 0 amide bonds. The van der Waals surface area contributed by atoms with Gasteiger partial charge in [-0.2, -0.15) is 0 Å². The summed E-state index contributed by atoms with van der Waals surface area (Å²) in [6.07, 6.45) is 4.14. The third-order valence-corrected chi connectivity index (χ3v) is 6.38. The van der Waals surface area contributed by atoms with Crippen molar-refractivity contribution in [2.75, 3.05) is 19.7 Å². The Kier molecular flexibility index (Phi) is 6.63. The fourth-order valence-corrected chi connectivity index (χ4v) is 4.60. The second-order valence-electron chi connectivity index (χ2n) is 5.27. The summed E-state index contributed by atoms with van der Waals surface area (Å²) in [6.45, 7) is 5.01. The van der Waals surface area contributed by atoms with E-state index in [4.69, 9.17) is 4.74 Å². The van der Waals surface area contributed by atoms with Crippen molar-refractivity contribution in [1.29, 1.82) is 0 Å². The van der Waals surface area contributed by atoms with Crippen molar-refractivity contribution in [1.82, 2.24) is 10.0 Å². The minimum atomic E-state index is -3.38.